The zero-order valence-corrected chi connectivity index (χ0v) is 21.2. The highest BCUT2D eigenvalue weighted by Crippen LogP contribution is 2.36. The molecule has 0 radical (unpaired) electrons. The summed E-state index contributed by atoms with van der Waals surface area (Å²) in [5.41, 5.74) is 9.58. The Hall–Kier alpha value is -3.39. The second kappa shape index (κ2) is 11.6. The van der Waals surface area contributed by atoms with Crippen LogP contribution in [-0.2, 0) is 9.53 Å². The van der Waals surface area contributed by atoms with E-state index in [4.69, 9.17) is 25.0 Å². The number of esters is 1. The predicted molar refractivity (Wildman–Crippen MR) is 137 cm³/mol. The Labute approximate surface area is 212 Å². The lowest BCUT2D eigenvalue weighted by Gasteiger charge is -2.38. The molecule has 3 unspecified atom stereocenters. The van der Waals surface area contributed by atoms with Gasteiger partial charge in [-0.15, -0.1) is 0 Å². The highest BCUT2D eigenvalue weighted by Gasteiger charge is 2.34. The maximum absolute atomic E-state index is 12.1. The third-order valence-electron chi connectivity index (χ3n) is 7.14. The Morgan fingerprint density at radius 1 is 1.14 bits per heavy atom. The molecular weight excluding hydrogens is 458 g/mol. The number of benzene rings is 2. The molecule has 1 aliphatic carbocycles. The Bertz CT molecular complexity index is 1090. The number of carbonyl (C=O) groups excluding carboxylic acids is 2. The number of nitrogens with two attached hydrogens (primary N) is 1. The van der Waals surface area contributed by atoms with E-state index in [2.05, 4.69) is 6.92 Å². The maximum Gasteiger partial charge on any atom is 0.337 e. The Morgan fingerprint density at radius 3 is 2.47 bits per heavy atom. The molecule has 0 aromatic heterocycles. The van der Waals surface area contributed by atoms with Gasteiger partial charge in [0.2, 0.25) is 0 Å². The summed E-state index contributed by atoms with van der Waals surface area (Å²) in [5, 5.41) is 6.61. The number of nitrogens with zero attached hydrogens (tertiary/aromatic N) is 2. The fraction of sp³-hybridized carbons (Fsp3) is 0.464. The second-order valence-electron chi connectivity index (χ2n) is 9.36. The minimum absolute atomic E-state index is 0.0954. The SMILES string of the molecule is CCC1CC(C=O)N(C(N)c2ccc(C(=O)OC)cc2)N=C1c1ccc(OC)c(OC2CCCC2)c1. The number of aldehydes is 1. The van der Waals surface area contributed by atoms with Gasteiger partial charge in [0, 0.05) is 11.5 Å². The zero-order chi connectivity index (χ0) is 25.7. The summed E-state index contributed by atoms with van der Waals surface area (Å²) in [6.45, 7) is 2.10. The predicted octanol–water partition coefficient (Wildman–Crippen LogP) is 4.46. The van der Waals surface area contributed by atoms with Gasteiger partial charge in [-0.1, -0.05) is 19.1 Å². The number of ether oxygens (including phenoxy) is 3. The number of methoxy groups -OCH3 is 2. The molecule has 3 atom stereocenters. The van der Waals surface area contributed by atoms with E-state index < -0.39 is 18.2 Å². The zero-order valence-electron chi connectivity index (χ0n) is 21.2. The van der Waals surface area contributed by atoms with Crippen molar-refractivity contribution < 1.29 is 23.8 Å². The number of carbonyl (C=O) groups is 2. The van der Waals surface area contributed by atoms with Gasteiger partial charge in [0.15, 0.2) is 11.5 Å². The van der Waals surface area contributed by atoms with Gasteiger partial charge in [0.05, 0.1) is 31.6 Å². The van der Waals surface area contributed by atoms with Crippen LogP contribution in [0.15, 0.2) is 47.6 Å². The molecule has 0 bridgehead atoms. The standard InChI is InChI=1S/C28H35N3O5/c1-4-18-15-22(17-32)31(27(29)19-9-11-20(12-10-19)28(33)35-3)30-26(18)21-13-14-24(34-2)25(16-21)36-23-7-5-6-8-23/h9-14,16-18,22-23,27H,4-8,15,29H2,1-3H3. The smallest absolute Gasteiger partial charge is 0.337 e. The fourth-order valence-corrected chi connectivity index (χ4v) is 5.03. The van der Waals surface area contributed by atoms with Crippen molar-refractivity contribution >= 4 is 18.0 Å². The van der Waals surface area contributed by atoms with Crippen molar-refractivity contribution in [1.82, 2.24) is 5.01 Å². The molecular formula is C28H35N3O5. The molecule has 192 valence electrons. The first-order valence-electron chi connectivity index (χ1n) is 12.6. The van der Waals surface area contributed by atoms with Crippen molar-refractivity contribution in [3.63, 3.8) is 0 Å². The van der Waals surface area contributed by atoms with Crippen LogP contribution in [0.2, 0.25) is 0 Å². The topological polar surface area (TPSA) is 103 Å². The van der Waals surface area contributed by atoms with Crippen LogP contribution in [0.1, 0.15) is 73.1 Å². The van der Waals surface area contributed by atoms with E-state index in [0.29, 0.717) is 23.5 Å². The molecule has 2 aliphatic rings. The fourth-order valence-electron chi connectivity index (χ4n) is 5.03. The van der Waals surface area contributed by atoms with Crippen LogP contribution in [0.3, 0.4) is 0 Å². The van der Waals surface area contributed by atoms with Crippen LogP contribution >= 0.6 is 0 Å². The van der Waals surface area contributed by atoms with Gasteiger partial charge < -0.3 is 24.7 Å². The molecule has 1 heterocycles. The third kappa shape index (κ3) is 5.38. The Balaban J connectivity index is 1.67. The average Bonchev–Trinajstić information content (AvgIpc) is 3.44. The van der Waals surface area contributed by atoms with Crippen molar-refractivity contribution in [3.8, 4) is 11.5 Å². The summed E-state index contributed by atoms with van der Waals surface area (Å²) in [4.78, 5) is 23.9. The lowest BCUT2D eigenvalue weighted by molar-refractivity contribution is -0.114. The molecule has 2 N–H and O–H groups in total. The molecule has 2 aromatic rings. The van der Waals surface area contributed by atoms with Crippen LogP contribution in [0.5, 0.6) is 11.5 Å². The molecule has 8 heteroatoms. The highest BCUT2D eigenvalue weighted by molar-refractivity contribution is 6.03. The molecule has 0 saturated heterocycles. The summed E-state index contributed by atoms with van der Waals surface area (Å²) in [7, 11) is 2.98. The summed E-state index contributed by atoms with van der Waals surface area (Å²) in [5.74, 6) is 1.09. The van der Waals surface area contributed by atoms with Gasteiger partial charge in [-0.3, -0.25) is 5.01 Å². The molecule has 1 saturated carbocycles. The number of hydrazone groups is 1. The molecule has 4 rings (SSSR count). The highest BCUT2D eigenvalue weighted by atomic mass is 16.5. The molecule has 2 aromatic carbocycles. The van der Waals surface area contributed by atoms with Gasteiger partial charge in [-0.2, -0.15) is 5.10 Å². The van der Waals surface area contributed by atoms with Crippen LogP contribution in [0.4, 0.5) is 0 Å². The second-order valence-corrected chi connectivity index (χ2v) is 9.36. The van der Waals surface area contributed by atoms with Gasteiger partial charge in [-0.05, 0) is 74.4 Å². The number of hydrogen-bond donors (Lipinski definition) is 1. The first-order chi connectivity index (χ1) is 17.5. The minimum Gasteiger partial charge on any atom is -0.493 e. The van der Waals surface area contributed by atoms with Crippen LogP contribution in [0.25, 0.3) is 0 Å². The van der Waals surface area contributed by atoms with Crippen LogP contribution < -0.4 is 15.2 Å². The Kier molecular flexibility index (Phi) is 8.25. The van der Waals surface area contributed by atoms with Gasteiger partial charge in [0.25, 0.3) is 0 Å². The van der Waals surface area contributed by atoms with Crippen LogP contribution in [-0.4, -0.2) is 49.3 Å². The first-order valence-corrected chi connectivity index (χ1v) is 12.6. The van der Waals surface area contributed by atoms with E-state index in [0.717, 1.165) is 42.4 Å². The first kappa shape index (κ1) is 25.7. The summed E-state index contributed by atoms with van der Waals surface area (Å²) < 4.78 is 16.6. The van der Waals surface area contributed by atoms with Crippen molar-refractivity contribution in [2.24, 2.45) is 16.8 Å². The molecule has 1 aliphatic heterocycles. The summed E-state index contributed by atoms with van der Waals surface area (Å²) >= 11 is 0. The average molecular weight is 494 g/mol. The third-order valence-corrected chi connectivity index (χ3v) is 7.14. The molecule has 0 amide bonds. The van der Waals surface area contributed by atoms with E-state index in [1.807, 2.05) is 18.2 Å². The minimum atomic E-state index is -0.660. The number of hydrogen-bond acceptors (Lipinski definition) is 8. The lowest BCUT2D eigenvalue weighted by Crippen LogP contribution is -2.46. The maximum atomic E-state index is 12.1. The molecule has 1 fully saturated rings. The van der Waals surface area contributed by atoms with Crippen molar-refractivity contribution in [1.29, 1.82) is 0 Å². The monoisotopic (exact) mass is 493 g/mol. The van der Waals surface area contributed by atoms with Crippen molar-refractivity contribution in [3.05, 3.63) is 59.2 Å². The number of rotatable bonds is 9. The largest absolute Gasteiger partial charge is 0.493 e. The molecule has 8 nitrogen and oxygen atoms in total. The van der Waals surface area contributed by atoms with E-state index in [9.17, 15) is 9.59 Å². The molecule has 0 spiro atoms. The quantitative estimate of drug-likeness (QED) is 0.406. The summed E-state index contributed by atoms with van der Waals surface area (Å²) in [6, 6.07) is 12.3. The summed E-state index contributed by atoms with van der Waals surface area (Å²) in [6.07, 6.45) is 6.34. The van der Waals surface area contributed by atoms with Gasteiger partial charge in [-0.25, -0.2) is 4.79 Å². The van der Waals surface area contributed by atoms with Crippen LogP contribution in [0, 0.1) is 5.92 Å². The van der Waals surface area contributed by atoms with E-state index >= 15 is 0 Å². The van der Waals surface area contributed by atoms with E-state index in [-0.39, 0.29) is 12.0 Å². The van der Waals surface area contributed by atoms with Crippen molar-refractivity contribution in [2.75, 3.05) is 14.2 Å². The Morgan fingerprint density at radius 2 is 1.86 bits per heavy atom. The van der Waals surface area contributed by atoms with Gasteiger partial charge >= 0.3 is 5.97 Å². The van der Waals surface area contributed by atoms with E-state index in [1.54, 1.807) is 36.4 Å². The molecule has 36 heavy (non-hydrogen) atoms. The van der Waals surface area contributed by atoms with E-state index in [1.165, 1.54) is 20.0 Å². The van der Waals surface area contributed by atoms with Gasteiger partial charge in [0.1, 0.15) is 18.5 Å². The lowest BCUT2D eigenvalue weighted by atomic mass is 9.87. The normalized spacial score (nSPS) is 21.0. The van der Waals surface area contributed by atoms with Crippen molar-refractivity contribution in [2.45, 2.75) is 63.8 Å².